The van der Waals surface area contributed by atoms with E-state index in [4.69, 9.17) is 16.3 Å². The summed E-state index contributed by atoms with van der Waals surface area (Å²) >= 11 is 5.82. The van der Waals surface area contributed by atoms with Gasteiger partial charge in [-0.15, -0.1) is 0 Å². The molecule has 0 bridgehead atoms. The lowest BCUT2D eigenvalue weighted by atomic mass is 10.1. The zero-order valence-electron chi connectivity index (χ0n) is 8.16. The summed E-state index contributed by atoms with van der Waals surface area (Å²) in [6, 6.07) is 7.74. The molecule has 1 nitrogen and oxygen atoms in total. The van der Waals surface area contributed by atoms with Gasteiger partial charge in [0, 0.05) is 10.6 Å². The van der Waals surface area contributed by atoms with Crippen LogP contribution in [0, 0.1) is 5.92 Å². The molecular weight excluding hydrogens is 196 g/mol. The Morgan fingerprint density at radius 3 is 2.50 bits per heavy atom. The van der Waals surface area contributed by atoms with Gasteiger partial charge < -0.3 is 4.74 Å². The van der Waals surface area contributed by atoms with Crippen molar-refractivity contribution in [3.8, 4) is 0 Å². The molecule has 0 heterocycles. The second-order valence-electron chi connectivity index (χ2n) is 3.58. The fourth-order valence-corrected chi connectivity index (χ4v) is 1.50. The minimum absolute atomic E-state index is 0.723. The number of ether oxygens (including phenoxy) is 1. The summed E-state index contributed by atoms with van der Waals surface area (Å²) in [7, 11) is 1.71. The number of halogens is 1. The predicted octanol–water partition coefficient (Wildman–Crippen LogP) is 3.74. The lowest BCUT2D eigenvalue weighted by molar-refractivity contribution is 0.368. The van der Waals surface area contributed by atoms with Gasteiger partial charge in [0.15, 0.2) is 0 Å². The van der Waals surface area contributed by atoms with Gasteiger partial charge in [-0.1, -0.05) is 11.6 Å². The summed E-state index contributed by atoms with van der Waals surface area (Å²) in [4.78, 5) is 0. The van der Waals surface area contributed by atoms with Crippen LogP contribution in [0.15, 0.2) is 30.3 Å². The van der Waals surface area contributed by atoms with Crippen LogP contribution >= 0.6 is 11.6 Å². The highest BCUT2D eigenvalue weighted by atomic mass is 35.5. The molecular formula is C12H13ClO. The molecule has 0 aliphatic heterocycles. The molecule has 1 aromatic rings. The van der Waals surface area contributed by atoms with E-state index >= 15 is 0 Å². The third-order valence-corrected chi connectivity index (χ3v) is 2.61. The van der Waals surface area contributed by atoms with Crippen LogP contribution in [0.2, 0.25) is 5.02 Å². The van der Waals surface area contributed by atoms with Crippen molar-refractivity contribution in [2.24, 2.45) is 5.92 Å². The van der Waals surface area contributed by atoms with Crippen molar-refractivity contribution in [3.05, 3.63) is 40.9 Å². The standard InChI is InChI=1S/C12H13ClO/c1-14-12(8-9-2-3-9)10-4-6-11(13)7-5-10/h4-9H,2-3H2,1H3. The molecule has 0 unspecified atom stereocenters. The van der Waals surface area contributed by atoms with Gasteiger partial charge in [0.2, 0.25) is 0 Å². The minimum Gasteiger partial charge on any atom is -0.496 e. The molecule has 0 saturated heterocycles. The maximum absolute atomic E-state index is 5.82. The van der Waals surface area contributed by atoms with Crippen molar-refractivity contribution in [1.82, 2.24) is 0 Å². The average molecular weight is 209 g/mol. The number of benzene rings is 1. The number of allylic oxidation sites excluding steroid dienone is 1. The molecule has 1 saturated carbocycles. The minimum atomic E-state index is 0.723. The van der Waals surface area contributed by atoms with Crippen LogP contribution in [0.1, 0.15) is 18.4 Å². The van der Waals surface area contributed by atoms with Gasteiger partial charge in [-0.3, -0.25) is 0 Å². The van der Waals surface area contributed by atoms with Gasteiger partial charge >= 0.3 is 0 Å². The first-order chi connectivity index (χ1) is 6.79. The van der Waals surface area contributed by atoms with E-state index in [1.165, 1.54) is 12.8 Å². The van der Waals surface area contributed by atoms with E-state index in [2.05, 4.69) is 6.08 Å². The Hall–Kier alpha value is -0.950. The second-order valence-corrected chi connectivity index (χ2v) is 4.02. The van der Waals surface area contributed by atoms with Gasteiger partial charge in [0.05, 0.1) is 7.11 Å². The lowest BCUT2D eigenvalue weighted by Crippen LogP contribution is -1.87. The summed E-state index contributed by atoms with van der Waals surface area (Å²) in [6.07, 6.45) is 4.78. The largest absolute Gasteiger partial charge is 0.496 e. The maximum Gasteiger partial charge on any atom is 0.122 e. The van der Waals surface area contributed by atoms with Crippen molar-refractivity contribution >= 4 is 17.4 Å². The van der Waals surface area contributed by atoms with Gasteiger partial charge in [-0.25, -0.2) is 0 Å². The Labute approximate surface area is 89.3 Å². The Bertz CT molecular complexity index is 336. The highest BCUT2D eigenvalue weighted by Crippen LogP contribution is 2.33. The van der Waals surface area contributed by atoms with E-state index in [9.17, 15) is 0 Å². The predicted molar refractivity (Wildman–Crippen MR) is 59.2 cm³/mol. The van der Waals surface area contributed by atoms with Gasteiger partial charge in [0.25, 0.3) is 0 Å². The molecule has 1 fully saturated rings. The summed E-state index contributed by atoms with van der Waals surface area (Å²) < 4.78 is 5.35. The summed E-state index contributed by atoms with van der Waals surface area (Å²) in [6.45, 7) is 0. The first-order valence-electron chi connectivity index (χ1n) is 4.81. The van der Waals surface area contributed by atoms with Gasteiger partial charge in [0.1, 0.15) is 5.76 Å². The first kappa shape index (κ1) is 9.60. The SMILES string of the molecule is COC(=CC1CC1)c1ccc(Cl)cc1. The number of rotatable bonds is 3. The molecule has 2 rings (SSSR count). The van der Waals surface area contributed by atoms with Crippen molar-refractivity contribution in [1.29, 1.82) is 0 Å². The monoisotopic (exact) mass is 208 g/mol. The van der Waals surface area contributed by atoms with E-state index in [-0.39, 0.29) is 0 Å². The third kappa shape index (κ3) is 2.30. The highest BCUT2D eigenvalue weighted by Gasteiger charge is 2.20. The zero-order valence-corrected chi connectivity index (χ0v) is 8.92. The quantitative estimate of drug-likeness (QED) is 0.688. The van der Waals surface area contributed by atoms with Crippen molar-refractivity contribution in [2.75, 3.05) is 7.11 Å². The molecule has 0 N–H and O–H groups in total. The molecule has 14 heavy (non-hydrogen) atoms. The van der Waals surface area contributed by atoms with E-state index in [0.717, 1.165) is 22.3 Å². The number of methoxy groups -OCH3 is 1. The van der Waals surface area contributed by atoms with Crippen molar-refractivity contribution in [2.45, 2.75) is 12.8 Å². The number of hydrogen-bond donors (Lipinski definition) is 0. The molecule has 0 spiro atoms. The molecule has 1 aromatic carbocycles. The van der Waals surface area contributed by atoms with Crippen molar-refractivity contribution in [3.63, 3.8) is 0 Å². The van der Waals surface area contributed by atoms with E-state index < -0.39 is 0 Å². The topological polar surface area (TPSA) is 9.23 Å². The summed E-state index contributed by atoms with van der Waals surface area (Å²) in [5, 5.41) is 0.760. The molecule has 1 aliphatic rings. The molecule has 0 atom stereocenters. The molecule has 0 aromatic heterocycles. The third-order valence-electron chi connectivity index (χ3n) is 2.36. The van der Waals surface area contributed by atoms with Crippen molar-refractivity contribution < 1.29 is 4.74 Å². The van der Waals surface area contributed by atoms with Crippen LogP contribution in [0.5, 0.6) is 0 Å². The normalized spacial score (nSPS) is 16.9. The van der Waals surface area contributed by atoms with Gasteiger partial charge in [-0.05, 0) is 49.1 Å². The Morgan fingerprint density at radius 1 is 1.36 bits per heavy atom. The van der Waals surface area contributed by atoms with Crippen LogP contribution < -0.4 is 0 Å². The average Bonchev–Trinajstić information content (AvgIpc) is 3.00. The molecule has 74 valence electrons. The fraction of sp³-hybridized carbons (Fsp3) is 0.333. The molecule has 0 amide bonds. The maximum atomic E-state index is 5.82. The zero-order chi connectivity index (χ0) is 9.97. The van der Waals surface area contributed by atoms with Crippen LogP contribution in [-0.2, 0) is 4.74 Å². The van der Waals surface area contributed by atoms with Crippen LogP contribution in [0.4, 0.5) is 0 Å². The van der Waals surface area contributed by atoms with Crippen LogP contribution in [0.3, 0.4) is 0 Å². The molecule has 0 radical (unpaired) electrons. The van der Waals surface area contributed by atoms with Crippen LogP contribution in [0.25, 0.3) is 5.76 Å². The first-order valence-corrected chi connectivity index (χ1v) is 5.19. The Kier molecular flexibility index (Phi) is 2.78. The molecule has 2 heteroatoms. The van der Waals surface area contributed by atoms with E-state index in [0.29, 0.717) is 0 Å². The van der Waals surface area contributed by atoms with E-state index in [1.54, 1.807) is 7.11 Å². The number of hydrogen-bond acceptors (Lipinski definition) is 1. The molecule has 1 aliphatic carbocycles. The lowest BCUT2D eigenvalue weighted by Gasteiger charge is -2.05. The summed E-state index contributed by atoms with van der Waals surface area (Å²) in [5.74, 6) is 1.68. The fourth-order valence-electron chi connectivity index (χ4n) is 1.37. The summed E-state index contributed by atoms with van der Waals surface area (Å²) in [5.41, 5.74) is 1.10. The Morgan fingerprint density at radius 2 is 2.00 bits per heavy atom. The van der Waals surface area contributed by atoms with E-state index in [1.807, 2.05) is 24.3 Å². The second kappa shape index (κ2) is 4.05. The van der Waals surface area contributed by atoms with Gasteiger partial charge in [-0.2, -0.15) is 0 Å². The smallest absolute Gasteiger partial charge is 0.122 e. The highest BCUT2D eigenvalue weighted by molar-refractivity contribution is 6.30. The van der Waals surface area contributed by atoms with Crippen LogP contribution in [-0.4, -0.2) is 7.11 Å². The Balaban J connectivity index is 2.22.